The fourth-order valence-corrected chi connectivity index (χ4v) is 3.66. The number of aliphatic hydroxyl groups is 1. The molecular weight excluding hydrogens is 309 g/mol. The zero-order valence-corrected chi connectivity index (χ0v) is 12.0. The third-order valence-electron chi connectivity index (χ3n) is 2.55. The van der Waals surface area contributed by atoms with Crippen LogP contribution in [0.3, 0.4) is 0 Å². The number of hydrogen-bond donors (Lipinski definition) is 2. The summed E-state index contributed by atoms with van der Waals surface area (Å²) in [5, 5.41) is 9.36. The largest absolute Gasteiger partial charge is 0.507 e. The molecule has 2 rings (SSSR count). The maximum Gasteiger partial charge on any atom is 0.242 e. The quantitative estimate of drug-likeness (QED) is 0.665. The summed E-state index contributed by atoms with van der Waals surface area (Å²) in [6.45, 7) is 0. The fraction of sp³-hybridized carbons (Fsp3) is 0.167. The van der Waals surface area contributed by atoms with E-state index in [4.69, 9.17) is 23.2 Å². The van der Waals surface area contributed by atoms with Crippen LogP contribution in [0.4, 0.5) is 0 Å². The number of allylic oxidation sites excluding steroid dienone is 1. The molecule has 0 radical (unpaired) electrons. The van der Waals surface area contributed by atoms with Crippen molar-refractivity contribution in [3.8, 4) is 0 Å². The van der Waals surface area contributed by atoms with Crippen molar-refractivity contribution in [2.24, 2.45) is 0 Å². The van der Waals surface area contributed by atoms with Crippen molar-refractivity contribution in [1.82, 2.24) is 4.72 Å². The predicted molar refractivity (Wildman–Crippen MR) is 74.6 cm³/mol. The Balaban J connectivity index is 2.27. The molecule has 1 aliphatic carbocycles. The minimum atomic E-state index is -3.76. The molecule has 7 heteroatoms. The van der Waals surface area contributed by atoms with Gasteiger partial charge in [-0.25, -0.2) is 8.42 Å². The van der Waals surface area contributed by atoms with Crippen LogP contribution in [0.2, 0.25) is 0 Å². The molecule has 19 heavy (non-hydrogen) atoms. The van der Waals surface area contributed by atoms with Gasteiger partial charge in [0.15, 0.2) is 0 Å². The molecule has 1 aromatic rings. The summed E-state index contributed by atoms with van der Waals surface area (Å²) >= 11 is 11.9. The molecule has 102 valence electrons. The second-order valence-corrected chi connectivity index (χ2v) is 6.83. The monoisotopic (exact) mass is 319 g/mol. The molecule has 1 atom stereocenters. The lowest BCUT2D eigenvalue weighted by Crippen LogP contribution is -2.43. The van der Waals surface area contributed by atoms with Gasteiger partial charge in [-0.15, -0.1) is 0 Å². The standard InChI is InChI=1S/C12H11Cl2NO3S/c13-10-8-12(14,7-6-11(10)16)15-19(17,18)9-4-2-1-3-5-9/h1-6,8,15-16H,7H2. The average molecular weight is 320 g/mol. The summed E-state index contributed by atoms with van der Waals surface area (Å²) in [4.78, 5) is -1.27. The molecule has 0 saturated carbocycles. The normalized spacial score (nSPS) is 23.7. The summed E-state index contributed by atoms with van der Waals surface area (Å²) in [6, 6.07) is 7.87. The smallest absolute Gasteiger partial charge is 0.242 e. The Labute approximate surface area is 121 Å². The number of sulfonamides is 1. The zero-order chi connectivity index (χ0) is 14.1. The highest BCUT2D eigenvalue weighted by Gasteiger charge is 2.33. The highest BCUT2D eigenvalue weighted by atomic mass is 35.5. The summed E-state index contributed by atoms with van der Waals surface area (Å²) in [7, 11) is -3.76. The first kappa shape index (κ1) is 14.4. The van der Waals surface area contributed by atoms with Crippen LogP contribution in [0.15, 0.2) is 58.2 Å². The van der Waals surface area contributed by atoms with Gasteiger partial charge in [0, 0.05) is 6.42 Å². The Morgan fingerprint density at radius 1 is 1.26 bits per heavy atom. The van der Waals surface area contributed by atoms with E-state index in [1.54, 1.807) is 18.2 Å². The molecule has 4 nitrogen and oxygen atoms in total. The highest BCUT2D eigenvalue weighted by molar-refractivity contribution is 7.89. The third kappa shape index (κ3) is 3.30. The zero-order valence-electron chi connectivity index (χ0n) is 9.68. The number of hydrogen-bond acceptors (Lipinski definition) is 3. The minimum Gasteiger partial charge on any atom is -0.507 e. The topological polar surface area (TPSA) is 66.4 Å². The van der Waals surface area contributed by atoms with Crippen LogP contribution in [0.5, 0.6) is 0 Å². The Morgan fingerprint density at radius 3 is 2.47 bits per heavy atom. The fourth-order valence-electron chi connectivity index (χ4n) is 1.63. The Kier molecular flexibility index (Phi) is 3.92. The van der Waals surface area contributed by atoms with Crippen molar-refractivity contribution in [2.75, 3.05) is 0 Å². The Bertz CT molecular complexity index is 640. The van der Waals surface area contributed by atoms with Crippen LogP contribution in [0.1, 0.15) is 6.42 Å². The third-order valence-corrected chi connectivity index (χ3v) is 4.85. The van der Waals surface area contributed by atoms with Gasteiger partial charge in [0.2, 0.25) is 10.0 Å². The van der Waals surface area contributed by atoms with Gasteiger partial charge in [-0.1, -0.05) is 41.4 Å². The molecule has 0 bridgehead atoms. The van der Waals surface area contributed by atoms with E-state index in [9.17, 15) is 13.5 Å². The van der Waals surface area contributed by atoms with Crippen LogP contribution >= 0.6 is 23.2 Å². The number of halogens is 2. The summed E-state index contributed by atoms with van der Waals surface area (Å²) < 4.78 is 26.6. The van der Waals surface area contributed by atoms with E-state index in [1.807, 2.05) is 0 Å². The molecule has 1 unspecified atom stereocenters. The van der Waals surface area contributed by atoms with Gasteiger partial charge in [0.1, 0.15) is 10.8 Å². The van der Waals surface area contributed by atoms with E-state index in [0.29, 0.717) is 0 Å². The van der Waals surface area contributed by atoms with E-state index >= 15 is 0 Å². The predicted octanol–water partition coefficient (Wildman–Crippen LogP) is 2.87. The Morgan fingerprint density at radius 2 is 1.89 bits per heavy atom. The van der Waals surface area contributed by atoms with Gasteiger partial charge in [0.05, 0.1) is 9.93 Å². The van der Waals surface area contributed by atoms with Crippen molar-refractivity contribution in [3.63, 3.8) is 0 Å². The minimum absolute atomic E-state index is 0.0111. The maximum atomic E-state index is 12.1. The van der Waals surface area contributed by atoms with Gasteiger partial charge < -0.3 is 5.11 Å². The van der Waals surface area contributed by atoms with E-state index in [1.165, 1.54) is 24.3 Å². The van der Waals surface area contributed by atoms with Gasteiger partial charge in [-0.3, -0.25) is 0 Å². The SMILES string of the molecule is O=S(=O)(NC1(Cl)C=C(Cl)C(O)=CC1)c1ccccc1. The number of benzene rings is 1. The lowest BCUT2D eigenvalue weighted by atomic mass is 10.1. The lowest BCUT2D eigenvalue weighted by Gasteiger charge is -2.26. The second-order valence-electron chi connectivity index (χ2n) is 4.07. The number of alkyl halides is 1. The molecular formula is C12H11Cl2NO3S. The summed E-state index contributed by atoms with van der Waals surface area (Å²) in [5.41, 5.74) is 0. The summed E-state index contributed by atoms with van der Waals surface area (Å²) in [5.74, 6) is -0.114. The van der Waals surface area contributed by atoms with Gasteiger partial charge in [-0.05, 0) is 24.3 Å². The number of rotatable bonds is 3. The van der Waals surface area contributed by atoms with Crippen molar-refractivity contribution < 1.29 is 13.5 Å². The first-order valence-electron chi connectivity index (χ1n) is 5.38. The molecule has 0 fully saturated rings. The van der Waals surface area contributed by atoms with E-state index in [2.05, 4.69) is 4.72 Å². The molecule has 0 aromatic heterocycles. The van der Waals surface area contributed by atoms with E-state index in [-0.39, 0.29) is 22.1 Å². The van der Waals surface area contributed by atoms with Crippen LogP contribution in [0.25, 0.3) is 0 Å². The first-order chi connectivity index (χ1) is 8.82. The molecule has 0 aliphatic heterocycles. The second kappa shape index (κ2) is 5.17. The van der Waals surface area contributed by atoms with Crippen LogP contribution in [-0.2, 0) is 10.0 Å². The highest BCUT2D eigenvalue weighted by Crippen LogP contribution is 2.31. The lowest BCUT2D eigenvalue weighted by molar-refractivity contribution is 0.417. The first-order valence-corrected chi connectivity index (χ1v) is 7.62. The van der Waals surface area contributed by atoms with Crippen molar-refractivity contribution >= 4 is 33.2 Å². The van der Waals surface area contributed by atoms with Gasteiger partial charge >= 0.3 is 0 Å². The number of nitrogens with one attached hydrogen (secondary N) is 1. The molecule has 2 N–H and O–H groups in total. The summed E-state index contributed by atoms with van der Waals surface area (Å²) in [6.07, 6.45) is 2.73. The Hall–Kier alpha value is -1.01. The van der Waals surface area contributed by atoms with Crippen molar-refractivity contribution in [2.45, 2.75) is 16.3 Å². The maximum absolute atomic E-state index is 12.1. The van der Waals surface area contributed by atoms with Crippen LogP contribution in [0, 0.1) is 0 Å². The molecule has 0 spiro atoms. The van der Waals surface area contributed by atoms with Gasteiger partial charge in [-0.2, -0.15) is 4.72 Å². The molecule has 0 saturated heterocycles. The van der Waals surface area contributed by atoms with E-state index < -0.39 is 15.0 Å². The molecule has 0 heterocycles. The van der Waals surface area contributed by atoms with Crippen molar-refractivity contribution in [3.05, 3.63) is 53.3 Å². The van der Waals surface area contributed by atoms with E-state index in [0.717, 1.165) is 0 Å². The molecule has 1 aliphatic rings. The number of aliphatic hydroxyl groups excluding tert-OH is 1. The molecule has 1 aromatic carbocycles. The van der Waals surface area contributed by atoms with Crippen molar-refractivity contribution in [1.29, 1.82) is 0 Å². The molecule has 0 amide bonds. The van der Waals surface area contributed by atoms with Gasteiger partial charge in [0.25, 0.3) is 0 Å². The van der Waals surface area contributed by atoms with Crippen LogP contribution < -0.4 is 4.72 Å². The van der Waals surface area contributed by atoms with Crippen LogP contribution in [-0.4, -0.2) is 18.5 Å². The average Bonchev–Trinajstić information content (AvgIpc) is 2.35.